The normalized spacial score (nSPS) is 16.9. The first kappa shape index (κ1) is 15.1. The molecular weight excluding hydrogens is 304 g/mol. The van der Waals surface area contributed by atoms with Crippen molar-refractivity contribution in [2.45, 2.75) is 32.4 Å². The van der Waals surface area contributed by atoms with Crippen molar-refractivity contribution in [1.82, 2.24) is 25.8 Å². The van der Waals surface area contributed by atoms with Gasteiger partial charge >= 0.3 is 0 Å². The summed E-state index contributed by atoms with van der Waals surface area (Å²) in [5.74, 6) is 0.884. The maximum Gasteiger partial charge on any atom is 0.272 e. The summed E-state index contributed by atoms with van der Waals surface area (Å²) in [6, 6.07) is 4.07. The van der Waals surface area contributed by atoms with Crippen molar-refractivity contribution in [1.29, 1.82) is 0 Å². The molecule has 0 aromatic carbocycles. The fraction of sp³-hybridized carbons (Fsp3) is 0.471. The monoisotopic (exact) mass is 326 g/mol. The van der Waals surface area contributed by atoms with Gasteiger partial charge in [0.2, 0.25) is 0 Å². The molecule has 0 atom stereocenters. The van der Waals surface area contributed by atoms with Gasteiger partial charge in [-0.3, -0.25) is 9.89 Å². The molecule has 7 heteroatoms. The Bertz CT molecular complexity index is 717. The molecular formula is C17H22N6O. The molecule has 2 aliphatic heterocycles. The lowest BCUT2D eigenvalue weighted by molar-refractivity contribution is 0.0944. The van der Waals surface area contributed by atoms with Crippen LogP contribution in [0.15, 0.2) is 18.3 Å². The standard InChI is InChI=1S/C17H22N6O/c24-17(16-13-11-18-6-5-14(13)21-22-16)20-10-12-3-4-15(19-9-12)23-7-1-2-8-23/h3-4,9,18H,1-2,5-8,10-11H2,(H,20,24)(H,21,22). The first-order valence-corrected chi connectivity index (χ1v) is 8.56. The molecule has 2 aliphatic rings. The number of H-pyrrole nitrogens is 1. The highest BCUT2D eigenvalue weighted by atomic mass is 16.1. The summed E-state index contributed by atoms with van der Waals surface area (Å²) in [5.41, 5.74) is 3.55. The van der Waals surface area contributed by atoms with Crippen molar-refractivity contribution in [2.75, 3.05) is 24.5 Å². The minimum Gasteiger partial charge on any atom is -0.357 e. The highest BCUT2D eigenvalue weighted by Crippen LogP contribution is 2.18. The zero-order chi connectivity index (χ0) is 16.4. The van der Waals surface area contributed by atoms with E-state index in [1.165, 1.54) is 12.8 Å². The van der Waals surface area contributed by atoms with E-state index in [1.807, 2.05) is 18.3 Å². The van der Waals surface area contributed by atoms with Gasteiger partial charge in [-0.25, -0.2) is 4.98 Å². The number of aromatic amines is 1. The van der Waals surface area contributed by atoms with Gasteiger partial charge in [-0.05, 0) is 24.5 Å². The minimum absolute atomic E-state index is 0.139. The molecule has 7 nitrogen and oxygen atoms in total. The Hall–Kier alpha value is -2.41. The Kier molecular flexibility index (Phi) is 4.17. The van der Waals surface area contributed by atoms with Crippen molar-refractivity contribution < 1.29 is 4.79 Å². The highest BCUT2D eigenvalue weighted by Gasteiger charge is 2.21. The van der Waals surface area contributed by atoms with E-state index >= 15 is 0 Å². The van der Waals surface area contributed by atoms with Gasteiger partial charge in [0.25, 0.3) is 5.91 Å². The molecule has 0 radical (unpaired) electrons. The van der Waals surface area contributed by atoms with Crippen LogP contribution in [0, 0.1) is 0 Å². The maximum absolute atomic E-state index is 12.4. The molecule has 2 aromatic rings. The Labute approximate surface area is 140 Å². The Morgan fingerprint density at radius 3 is 2.96 bits per heavy atom. The van der Waals surface area contributed by atoms with Crippen molar-refractivity contribution in [3.63, 3.8) is 0 Å². The predicted molar refractivity (Wildman–Crippen MR) is 90.9 cm³/mol. The van der Waals surface area contributed by atoms with Crippen molar-refractivity contribution in [2.24, 2.45) is 0 Å². The smallest absolute Gasteiger partial charge is 0.272 e. The summed E-state index contributed by atoms with van der Waals surface area (Å²) >= 11 is 0. The van der Waals surface area contributed by atoms with Crippen LogP contribution in [-0.4, -0.2) is 40.7 Å². The number of anilines is 1. The van der Waals surface area contributed by atoms with Crippen LogP contribution in [0.5, 0.6) is 0 Å². The molecule has 0 aliphatic carbocycles. The highest BCUT2D eigenvalue weighted by molar-refractivity contribution is 5.94. The van der Waals surface area contributed by atoms with Gasteiger partial charge in [0, 0.05) is 56.6 Å². The number of hydrogen-bond acceptors (Lipinski definition) is 5. The van der Waals surface area contributed by atoms with Gasteiger partial charge in [-0.2, -0.15) is 5.10 Å². The summed E-state index contributed by atoms with van der Waals surface area (Å²) in [7, 11) is 0. The van der Waals surface area contributed by atoms with Crippen molar-refractivity contribution >= 4 is 11.7 Å². The molecule has 3 N–H and O–H groups in total. The van der Waals surface area contributed by atoms with E-state index in [4.69, 9.17) is 0 Å². The van der Waals surface area contributed by atoms with E-state index in [1.54, 1.807) is 0 Å². The first-order valence-electron chi connectivity index (χ1n) is 8.56. The first-order chi connectivity index (χ1) is 11.8. The summed E-state index contributed by atoms with van der Waals surface area (Å²) in [5, 5.41) is 13.4. The molecule has 0 saturated carbocycles. The summed E-state index contributed by atoms with van der Waals surface area (Å²) < 4.78 is 0. The third kappa shape index (κ3) is 2.99. The van der Waals surface area contributed by atoms with E-state index in [-0.39, 0.29) is 5.91 Å². The quantitative estimate of drug-likeness (QED) is 0.780. The van der Waals surface area contributed by atoms with E-state index in [2.05, 4.69) is 30.7 Å². The molecule has 2 aromatic heterocycles. The van der Waals surface area contributed by atoms with Gasteiger partial charge in [-0.15, -0.1) is 0 Å². The number of amides is 1. The Morgan fingerprint density at radius 2 is 2.17 bits per heavy atom. The topological polar surface area (TPSA) is 85.9 Å². The molecule has 4 rings (SSSR count). The van der Waals surface area contributed by atoms with Crippen LogP contribution in [0.25, 0.3) is 0 Å². The van der Waals surface area contributed by atoms with Gasteiger partial charge in [0.05, 0.1) is 0 Å². The number of nitrogens with zero attached hydrogens (tertiary/aromatic N) is 3. The maximum atomic E-state index is 12.4. The number of nitrogens with one attached hydrogen (secondary N) is 3. The zero-order valence-corrected chi connectivity index (χ0v) is 13.6. The fourth-order valence-corrected chi connectivity index (χ4v) is 3.33. The summed E-state index contributed by atoms with van der Waals surface area (Å²) in [6.07, 6.45) is 5.21. The van der Waals surface area contributed by atoms with Crippen LogP contribution >= 0.6 is 0 Å². The summed E-state index contributed by atoms with van der Waals surface area (Å²) in [6.45, 7) is 4.25. The van der Waals surface area contributed by atoms with E-state index in [0.717, 1.165) is 48.7 Å². The largest absolute Gasteiger partial charge is 0.357 e. The van der Waals surface area contributed by atoms with Gasteiger partial charge in [0.15, 0.2) is 5.69 Å². The van der Waals surface area contributed by atoms with Crippen molar-refractivity contribution in [3.05, 3.63) is 40.8 Å². The van der Waals surface area contributed by atoms with Gasteiger partial charge < -0.3 is 15.5 Å². The fourth-order valence-electron chi connectivity index (χ4n) is 3.33. The second-order valence-electron chi connectivity index (χ2n) is 6.36. The number of fused-ring (bicyclic) bond motifs is 1. The van der Waals surface area contributed by atoms with E-state index in [9.17, 15) is 4.79 Å². The van der Waals surface area contributed by atoms with Gasteiger partial charge in [0.1, 0.15) is 5.82 Å². The average Bonchev–Trinajstić information content (AvgIpc) is 3.30. The lowest BCUT2D eigenvalue weighted by Crippen LogP contribution is -2.28. The minimum atomic E-state index is -0.139. The molecule has 0 bridgehead atoms. The van der Waals surface area contributed by atoms with Crippen LogP contribution < -0.4 is 15.5 Å². The number of carbonyl (C=O) groups is 1. The molecule has 1 fully saturated rings. The molecule has 4 heterocycles. The number of hydrogen-bond donors (Lipinski definition) is 3. The number of pyridine rings is 1. The average molecular weight is 326 g/mol. The van der Waals surface area contributed by atoms with E-state index in [0.29, 0.717) is 18.8 Å². The number of rotatable bonds is 4. The Morgan fingerprint density at radius 1 is 1.29 bits per heavy atom. The lowest BCUT2D eigenvalue weighted by atomic mass is 10.1. The van der Waals surface area contributed by atoms with Crippen LogP contribution in [0.1, 0.15) is 40.2 Å². The SMILES string of the molecule is O=C(NCc1ccc(N2CCCC2)nc1)c1n[nH]c2c1CNCC2. The molecule has 0 spiro atoms. The third-order valence-electron chi connectivity index (χ3n) is 4.71. The predicted octanol–water partition coefficient (Wildman–Crippen LogP) is 0.981. The van der Waals surface area contributed by atoms with Crippen molar-refractivity contribution in [3.8, 4) is 0 Å². The van der Waals surface area contributed by atoms with Crippen LogP contribution in [0.2, 0.25) is 0 Å². The lowest BCUT2D eigenvalue weighted by Gasteiger charge is -2.16. The zero-order valence-electron chi connectivity index (χ0n) is 13.6. The van der Waals surface area contributed by atoms with Crippen LogP contribution in [0.3, 0.4) is 0 Å². The molecule has 126 valence electrons. The van der Waals surface area contributed by atoms with Gasteiger partial charge in [-0.1, -0.05) is 6.07 Å². The molecule has 1 amide bonds. The molecule has 0 unspecified atom stereocenters. The number of aromatic nitrogens is 3. The van der Waals surface area contributed by atoms with E-state index < -0.39 is 0 Å². The number of carbonyl (C=O) groups excluding carboxylic acids is 1. The second kappa shape index (κ2) is 6.60. The van der Waals surface area contributed by atoms with Crippen LogP contribution in [-0.2, 0) is 19.5 Å². The third-order valence-corrected chi connectivity index (χ3v) is 4.71. The second-order valence-corrected chi connectivity index (χ2v) is 6.36. The van der Waals surface area contributed by atoms with Crippen LogP contribution in [0.4, 0.5) is 5.82 Å². The molecule has 24 heavy (non-hydrogen) atoms. The Balaban J connectivity index is 1.37. The molecule has 1 saturated heterocycles. The summed E-state index contributed by atoms with van der Waals surface area (Å²) in [4.78, 5) is 19.2.